The molecule has 1 aromatic carbocycles. The Labute approximate surface area is 166 Å². The molecule has 0 aliphatic rings. The molecule has 0 bridgehead atoms. The first kappa shape index (κ1) is 20.4. The number of aromatic nitrogens is 2. The van der Waals surface area contributed by atoms with Gasteiger partial charge >= 0.3 is 6.09 Å². The molecule has 0 unspecified atom stereocenters. The molecule has 0 aliphatic heterocycles. The fourth-order valence-electron chi connectivity index (χ4n) is 2.00. The van der Waals surface area contributed by atoms with Gasteiger partial charge in [0.2, 0.25) is 3.79 Å². The van der Waals surface area contributed by atoms with Gasteiger partial charge in [0.05, 0.1) is 23.0 Å². The minimum atomic E-state index is -1.69. The van der Waals surface area contributed by atoms with Gasteiger partial charge in [0.15, 0.2) is 0 Å². The number of carbonyl (C=O) groups excluding carboxylic acids is 1. The summed E-state index contributed by atoms with van der Waals surface area (Å²) in [5.41, 5.74) is 1.72. The molecule has 2 rings (SSSR count). The Morgan fingerprint density at radius 1 is 1.27 bits per heavy atom. The van der Waals surface area contributed by atoms with Crippen molar-refractivity contribution < 1.29 is 9.53 Å². The summed E-state index contributed by atoms with van der Waals surface area (Å²) in [5, 5.41) is 16.1. The number of carbonyl (C=O) groups is 1. The minimum Gasteiger partial charge on any atom is -0.445 e. The molecule has 1 amide bonds. The van der Waals surface area contributed by atoms with Crippen molar-refractivity contribution in [2.45, 2.75) is 30.0 Å². The first-order valence-electron chi connectivity index (χ1n) is 7.61. The molecule has 0 atom stereocenters. The third kappa shape index (κ3) is 5.53. The van der Waals surface area contributed by atoms with E-state index in [0.29, 0.717) is 17.1 Å². The van der Waals surface area contributed by atoms with Gasteiger partial charge < -0.3 is 4.74 Å². The highest BCUT2D eigenvalue weighted by molar-refractivity contribution is 6.67. The second kappa shape index (κ2) is 7.75. The van der Waals surface area contributed by atoms with E-state index >= 15 is 0 Å². The summed E-state index contributed by atoms with van der Waals surface area (Å²) in [5.74, 6) is 0.397. The number of alkyl halides is 3. The number of anilines is 1. The van der Waals surface area contributed by atoms with E-state index < -0.39 is 9.89 Å². The van der Waals surface area contributed by atoms with Gasteiger partial charge in [-0.15, -0.1) is 0 Å². The fourth-order valence-corrected chi connectivity index (χ4v) is 2.16. The summed E-state index contributed by atoms with van der Waals surface area (Å²) < 4.78 is 4.76. The quantitative estimate of drug-likeness (QED) is 0.718. The second-order valence-corrected chi connectivity index (χ2v) is 9.07. The van der Waals surface area contributed by atoms with Crippen molar-refractivity contribution in [2.24, 2.45) is 0 Å². The summed E-state index contributed by atoms with van der Waals surface area (Å²) in [4.78, 5) is 12.0. The molecule has 0 saturated heterocycles. The number of halogens is 3. The molecule has 9 heteroatoms. The first-order chi connectivity index (χ1) is 12.0. The Balaban J connectivity index is 2.33. The van der Waals surface area contributed by atoms with E-state index in [1.165, 1.54) is 0 Å². The topological polar surface area (TPSA) is 79.9 Å². The van der Waals surface area contributed by atoms with Crippen molar-refractivity contribution in [1.29, 1.82) is 5.26 Å². The lowest BCUT2D eigenvalue weighted by Gasteiger charge is -2.14. The van der Waals surface area contributed by atoms with Crippen LogP contribution in [0.5, 0.6) is 0 Å². The number of hydrogen-bond acceptors (Lipinski definition) is 4. The highest BCUT2D eigenvalue weighted by Gasteiger charge is 2.24. The number of rotatable bonds is 3. The summed E-state index contributed by atoms with van der Waals surface area (Å²) >= 11 is 16.7. The van der Waals surface area contributed by atoms with Gasteiger partial charge in [0.25, 0.3) is 0 Å². The van der Waals surface area contributed by atoms with E-state index in [1.54, 1.807) is 35.0 Å². The number of nitrogens with zero attached hydrogens (tertiary/aromatic N) is 3. The third-order valence-electron chi connectivity index (χ3n) is 3.32. The molecule has 0 radical (unpaired) electrons. The average molecular weight is 416 g/mol. The van der Waals surface area contributed by atoms with E-state index in [2.05, 4.69) is 16.5 Å². The summed E-state index contributed by atoms with van der Waals surface area (Å²) in [6.07, 6.45) is -0.772. The molecule has 1 N–H and O–H groups in total. The molecular weight excluding hydrogens is 399 g/mol. The zero-order valence-electron chi connectivity index (χ0n) is 14.4. The van der Waals surface area contributed by atoms with Crippen LogP contribution in [0.15, 0.2) is 30.3 Å². The molecule has 0 saturated carbocycles. The third-order valence-corrected chi connectivity index (χ3v) is 3.64. The van der Waals surface area contributed by atoms with Crippen LogP contribution in [0.2, 0.25) is 0 Å². The van der Waals surface area contributed by atoms with Crippen molar-refractivity contribution in [3.05, 3.63) is 41.6 Å². The van der Waals surface area contributed by atoms with Crippen molar-refractivity contribution in [2.75, 3.05) is 11.9 Å². The smallest absolute Gasteiger partial charge is 0.412 e. The van der Waals surface area contributed by atoms with E-state index in [4.69, 9.17) is 44.8 Å². The van der Waals surface area contributed by atoms with Crippen molar-refractivity contribution >= 4 is 46.7 Å². The first-order valence-corrected chi connectivity index (χ1v) is 8.74. The standard InChI is InChI=1S/C17H17Cl3N4O2/c1-16(2,3)13-8-14(22-15(25)26-10-17(18,19)20)24(23-13)12-6-4-11(9-21)5-7-12/h4-8H,10H2,1-3H3,(H,22,25). The molecule has 6 nitrogen and oxygen atoms in total. The Morgan fingerprint density at radius 3 is 2.38 bits per heavy atom. The van der Waals surface area contributed by atoms with Crippen LogP contribution in [0.25, 0.3) is 5.69 Å². The van der Waals surface area contributed by atoms with Crippen molar-refractivity contribution in [1.82, 2.24) is 9.78 Å². The van der Waals surface area contributed by atoms with Crippen LogP contribution >= 0.6 is 34.8 Å². The Bertz CT molecular complexity index is 828. The average Bonchev–Trinajstić information content (AvgIpc) is 2.96. The predicted octanol–water partition coefficient (Wildman–Crippen LogP) is 4.96. The highest BCUT2D eigenvalue weighted by Crippen LogP contribution is 2.28. The maximum Gasteiger partial charge on any atom is 0.412 e. The molecule has 138 valence electrons. The van der Waals surface area contributed by atoms with Crippen LogP contribution in [0, 0.1) is 11.3 Å². The zero-order chi connectivity index (χ0) is 19.5. The minimum absolute atomic E-state index is 0.240. The lowest BCUT2D eigenvalue weighted by atomic mass is 9.92. The van der Waals surface area contributed by atoms with E-state index in [1.807, 2.05) is 20.8 Å². The van der Waals surface area contributed by atoms with E-state index in [0.717, 1.165) is 5.69 Å². The number of nitrogens with one attached hydrogen (secondary N) is 1. The fraction of sp³-hybridized carbons (Fsp3) is 0.353. The number of benzene rings is 1. The SMILES string of the molecule is CC(C)(C)c1cc(NC(=O)OCC(Cl)(Cl)Cl)n(-c2ccc(C#N)cc2)n1. The van der Waals surface area contributed by atoms with Gasteiger partial charge in [-0.1, -0.05) is 55.6 Å². The number of nitriles is 1. The molecule has 0 spiro atoms. The Hall–Kier alpha value is -1.94. The Kier molecular flexibility index (Phi) is 6.07. The van der Waals surface area contributed by atoms with Gasteiger partial charge in [-0.3, -0.25) is 5.32 Å². The van der Waals surface area contributed by atoms with Crippen LogP contribution in [0.4, 0.5) is 10.6 Å². The van der Waals surface area contributed by atoms with Crippen LogP contribution in [0.3, 0.4) is 0 Å². The lowest BCUT2D eigenvalue weighted by molar-refractivity contribution is 0.163. The molecule has 1 heterocycles. The number of ether oxygens (including phenoxy) is 1. The molecule has 0 fully saturated rings. The summed E-state index contributed by atoms with van der Waals surface area (Å²) in [6, 6.07) is 10.6. The lowest BCUT2D eigenvalue weighted by Crippen LogP contribution is -2.22. The molecule has 1 aromatic heterocycles. The van der Waals surface area contributed by atoms with E-state index in [9.17, 15) is 4.79 Å². The van der Waals surface area contributed by atoms with Crippen LogP contribution < -0.4 is 5.32 Å². The van der Waals surface area contributed by atoms with Gasteiger partial charge in [-0.05, 0) is 24.3 Å². The second-order valence-electron chi connectivity index (χ2n) is 6.55. The molecular formula is C17H17Cl3N4O2. The molecule has 0 aliphatic carbocycles. The monoisotopic (exact) mass is 414 g/mol. The number of hydrogen-bond donors (Lipinski definition) is 1. The Morgan fingerprint density at radius 2 is 1.88 bits per heavy atom. The van der Waals surface area contributed by atoms with Crippen molar-refractivity contribution in [3.8, 4) is 11.8 Å². The number of amides is 1. The van der Waals surface area contributed by atoms with Crippen LogP contribution in [0.1, 0.15) is 32.0 Å². The summed E-state index contributed by atoms with van der Waals surface area (Å²) in [6.45, 7) is 5.62. The van der Waals surface area contributed by atoms with Gasteiger partial charge in [0.1, 0.15) is 12.4 Å². The van der Waals surface area contributed by atoms with Crippen LogP contribution in [-0.2, 0) is 10.2 Å². The maximum atomic E-state index is 12.0. The van der Waals surface area contributed by atoms with Gasteiger partial charge in [0, 0.05) is 11.5 Å². The van der Waals surface area contributed by atoms with Gasteiger partial charge in [-0.2, -0.15) is 10.4 Å². The maximum absolute atomic E-state index is 12.0. The predicted molar refractivity (Wildman–Crippen MR) is 102 cm³/mol. The zero-order valence-corrected chi connectivity index (χ0v) is 16.7. The molecule has 2 aromatic rings. The van der Waals surface area contributed by atoms with E-state index in [-0.39, 0.29) is 12.0 Å². The largest absolute Gasteiger partial charge is 0.445 e. The van der Waals surface area contributed by atoms with Crippen LogP contribution in [-0.4, -0.2) is 26.3 Å². The molecule has 26 heavy (non-hydrogen) atoms. The summed E-state index contributed by atoms with van der Waals surface area (Å²) in [7, 11) is 0. The van der Waals surface area contributed by atoms with Gasteiger partial charge in [-0.25, -0.2) is 9.48 Å². The highest BCUT2D eigenvalue weighted by atomic mass is 35.6. The normalized spacial score (nSPS) is 11.7. The van der Waals surface area contributed by atoms with Crippen molar-refractivity contribution in [3.63, 3.8) is 0 Å².